The van der Waals surface area contributed by atoms with Gasteiger partial charge in [0.1, 0.15) is 5.69 Å². The number of aromatic nitrogens is 4. The van der Waals surface area contributed by atoms with Crippen LogP contribution >= 0.6 is 22.7 Å². The Morgan fingerprint density at radius 3 is 1.65 bits per heavy atom. The second-order valence-corrected chi connectivity index (χ2v) is 17.2. The molecule has 7 nitrogen and oxygen atoms in total. The van der Waals surface area contributed by atoms with Crippen LogP contribution in [-0.2, 0) is 0 Å². The summed E-state index contributed by atoms with van der Waals surface area (Å²) in [6.07, 6.45) is 0. The van der Waals surface area contributed by atoms with E-state index in [1.54, 1.807) is 22.7 Å². The molecule has 0 saturated heterocycles. The predicted octanol–water partition coefficient (Wildman–Crippen LogP) is 14.7. The number of anilines is 3. The van der Waals surface area contributed by atoms with Crippen molar-refractivity contribution in [3.05, 3.63) is 164 Å². The van der Waals surface area contributed by atoms with E-state index in [1.165, 1.54) is 30.9 Å². The summed E-state index contributed by atoms with van der Waals surface area (Å²) in [4.78, 5) is 18.5. The molecule has 0 saturated carbocycles. The van der Waals surface area contributed by atoms with Gasteiger partial charge in [0.15, 0.2) is 34.6 Å². The second kappa shape index (κ2) is 12.0. The molecule has 0 unspecified atom stereocenters. The number of ether oxygens (including phenoxy) is 2. The number of benzene rings is 8. The van der Waals surface area contributed by atoms with Crippen molar-refractivity contribution in [2.75, 3.05) is 4.90 Å². The molecule has 2 aliphatic heterocycles. The van der Waals surface area contributed by atoms with Crippen LogP contribution in [0.1, 0.15) is 0 Å². The molecule has 2 aliphatic rings. The first-order chi connectivity index (χ1) is 29.7. The quantitative estimate of drug-likeness (QED) is 0.177. The molecule has 4 aromatic heterocycles. The van der Waals surface area contributed by atoms with Crippen molar-refractivity contribution in [3.8, 4) is 51.7 Å². The third-order valence-electron chi connectivity index (χ3n) is 11.8. The maximum absolute atomic E-state index is 6.79. The minimum absolute atomic E-state index is 0.535. The Labute approximate surface area is 349 Å². The number of nitrogens with zero attached hydrogens (tertiary/aromatic N) is 5. The maximum atomic E-state index is 6.79. The molecule has 0 amide bonds. The van der Waals surface area contributed by atoms with Gasteiger partial charge in [-0.25, -0.2) is 4.98 Å². The molecule has 0 aliphatic carbocycles. The number of hydrogen-bond acceptors (Lipinski definition) is 8. The average Bonchev–Trinajstić information content (AvgIpc) is 3.97. The SMILES string of the molecule is c1ccc2c(c1)Oc1cccc3c1N2c1cc2c4ccccc4n(-c4nc(-c5cccc6c5sc5ccccc56)nc(-c5cccc6c5sc5ccccc56)n4)c2cc1O3. The highest BCUT2D eigenvalue weighted by Crippen LogP contribution is 2.60. The van der Waals surface area contributed by atoms with Gasteiger partial charge in [-0.1, -0.05) is 97.1 Å². The lowest BCUT2D eigenvalue weighted by atomic mass is 10.1. The summed E-state index contributed by atoms with van der Waals surface area (Å²) in [7, 11) is 0. The highest BCUT2D eigenvalue weighted by Gasteiger charge is 2.35. The normalized spacial score (nSPS) is 12.9. The molecule has 9 heteroatoms. The van der Waals surface area contributed by atoms with Crippen LogP contribution in [0.2, 0.25) is 0 Å². The summed E-state index contributed by atoms with van der Waals surface area (Å²) in [5.41, 5.74) is 6.65. The van der Waals surface area contributed by atoms with E-state index in [0.29, 0.717) is 17.6 Å². The van der Waals surface area contributed by atoms with Crippen LogP contribution in [0.4, 0.5) is 17.1 Å². The topological polar surface area (TPSA) is 65.3 Å². The second-order valence-electron chi connectivity index (χ2n) is 15.1. The third-order valence-corrected chi connectivity index (χ3v) is 14.3. The molecule has 8 aromatic carbocycles. The molecule has 0 fully saturated rings. The molecule has 12 aromatic rings. The zero-order valence-corrected chi connectivity index (χ0v) is 33.1. The van der Waals surface area contributed by atoms with Crippen LogP contribution in [0.15, 0.2) is 164 Å². The fourth-order valence-corrected chi connectivity index (χ4v) is 11.7. The van der Waals surface area contributed by atoms with Gasteiger partial charge >= 0.3 is 0 Å². The third kappa shape index (κ3) is 4.44. The Morgan fingerprint density at radius 1 is 0.400 bits per heavy atom. The highest BCUT2D eigenvalue weighted by molar-refractivity contribution is 7.26. The van der Waals surface area contributed by atoms with E-state index in [1.807, 2.05) is 36.4 Å². The monoisotopic (exact) mass is 805 g/mol. The highest BCUT2D eigenvalue weighted by atomic mass is 32.1. The van der Waals surface area contributed by atoms with E-state index in [4.69, 9.17) is 24.4 Å². The molecule has 0 spiro atoms. The van der Waals surface area contributed by atoms with Gasteiger partial charge in [0, 0.05) is 68.3 Å². The Hall–Kier alpha value is -7.59. The molecule has 0 radical (unpaired) electrons. The van der Waals surface area contributed by atoms with Gasteiger partial charge in [-0.3, -0.25) is 9.47 Å². The number of fused-ring (bicyclic) bond motifs is 13. The summed E-state index contributed by atoms with van der Waals surface area (Å²) in [5, 5.41) is 6.98. The molecule has 60 heavy (non-hydrogen) atoms. The van der Waals surface area contributed by atoms with Crippen molar-refractivity contribution in [2.24, 2.45) is 0 Å². The van der Waals surface area contributed by atoms with Crippen molar-refractivity contribution in [1.82, 2.24) is 19.5 Å². The molecular weight excluding hydrogens is 779 g/mol. The molecule has 0 atom stereocenters. The minimum atomic E-state index is 0.535. The predicted molar refractivity (Wildman–Crippen MR) is 246 cm³/mol. The van der Waals surface area contributed by atoms with Gasteiger partial charge in [0.25, 0.3) is 0 Å². The van der Waals surface area contributed by atoms with E-state index in [-0.39, 0.29) is 0 Å². The Morgan fingerprint density at radius 2 is 0.950 bits per heavy atom. The fourth-order valence-electron chi connectivity index (χ4n) is 9.23. The van der Waals surface area contributed by atoms with Gasteiger partial charge in [-0.2, -0.15) is 9.97 Å². The van der Waals surface area contributed by atoms with Gasteiger partial charge < -0.3 is 9.47 Å². The zero-order valence-electron chi connectivity index (χ0n) is 31.5. The maximum Gasteiger partial charge on any atom is 0.238 e. The fraction of sp³-hybridized carbons (Fsp3) is 0. The number of para-hydroxylation sites is 4. The Kier molecular flexibility index (Phi) is 6.47. The number of thiophene rings is 2. The largest absolute Gasteiger partial charge is 0.453 e. The minimum Gasteiger partial charge on any atom is -0.453 e. The van der Waals surface area contributed by atoms with Gasteiger partial charge in [-0.05, 0) is 60.7 Å². The standard InChI is InChI=1S/C51H27N5O2S2/c1-4-19-36-28(12-1)35-26-39-43(58-42-23-11-22-41-46(42)55(39)37-20-5-6-21-40(37)57-41)27-38(35)56(36)51-53-49(33-17-9-15-31-29-13-2-7-24-44(29)59-47(31)33)52-50(54-51)34-18-10-16-32-30-14-3-8-25-45(30)60-48(32)34/h1-27H. The van der Waals surface area contributed by atoms with Crippen molar-refractivity contribution in [3.63, 3.8) is 0 Å². The lowest BCUT2D eigenvalue weighted by Crippen LogP contribution is -2.20. The van der Waals surface area contributed by atoms with E-state index in [0.717, 1.165) is 82.4 Å². The Bertz CT molecular complexity index is 3700. The van der Waals surface area contributed by atoms with E-state index in [9.17, 15) is 0 Å². The summed E-state index contributed by atoms with van der Waals surface area (Å²) < 4.78 is 20.1. The molecule has 0 bridgehead atoms. The first-order valence-electron chi connectivity index (χ1n) is 19.8. The first kappa shape index (κ1) is 32.4. The molecule has 0 N–H and O–H groups in total. The molecular formula is C51H27N5O2S2. The van der Waals surface area contributed by atoms with Crippen molar-refractivity contribution >= 4 is 102 Å². The summed E-state index contributed by atoms with van der Waals surface area (Å²) in [5.74, 6) is 4.79. The molecule has 14 rings (SSSR count). The molecule has 6 heterocycles. The van der Waals surface area contributed by atoms with Crippen molar-refractivity contribution < 1.29 is 9.47 Å². The van der Waals surface area contributed by atoms with Crippen LogP contribution in [0.5, 0.6) is 23.0 Å². The van der Waals surface area contributed by atoms with Gasteiger partial charge in [0.05, 0.1) is 22.4 Å². The van der Waals surface area contributed by atoms with Gasteiger partial charge in [-0.15, -0.1) is 22.7 Å². The average molecular weight is 806 g/mol. The smallest absolute Gasteiger partial charge is 0.238 e. The van der Waals surface area contributed by atoms with Crippen molar-refractivity contribution in [2.45, 2.75) is 0 Å². The summed E-state index contributed by atoms with van der Waals surface area (Å²) in [6, 6.07) is 57.1. The summed E-state index contributed by atoms with van der Waals surface area (Å²) in [6.45, 7) is 0. The van der Waals surface area contributed by atoms with E-state index < -0.39 is 0 Å². The first-order valence-corrected chi connectivity index (χ1v) is 21.4. The van der Waals surface area contributed by atoms with Crippen molar-refractivity contribution in [1.29, 1.82) is 0 Å². The Balaban J connectivity index is 1.06. The van der Waals surface area contributed by atoms with Crippen LogP contribution in [0.25, 0.3) is 90.9 Å². The van der Waals surface area contributed by atoms with Crippen LogP contribution < -0.4 is 14.4 Å². The van der Waals surface area contributed by atoms with Crippen LogP contribution in [0, 0.1) is 0 Å². The van der Waals surface area contributed by atoms with Gasteiger partial charge in [0.2, 0.25) is 5.95 Å². The lowest BCUT2D eigenvalue weighted by molar-refractivity contribution is 0.446. The number of hydrogen-bond donors (Lipinski definition) is 0. The lowest BCUT2D eigenvalue weighted by Gasteiger charge is -2.37. The van der Waals surface area contributed by atoms with E-state index >= 15 is 0 Å². The van der Waals surface area contributed by atoms with Crippen LogP contribution in [0.3, 0.4) is 0 Å². The van der Waals surface area contributed by atoms with Crippen LogP contribution in [-0.4, -0.2) is 19.5 Å². The number of rotatable bonds is 3. The molecule has 280 valence electrons. The zero-order chi connectivity index (χ0) is 39.1. The van der Waals surface area contributed by atoms with E-state index in [2.05, 4.69) is 137 Å². The summed E-state index contributed by atoms with van der Waals surface area (Å²) >= 11 is 3.55.